The van der Waals surface area contributed by atoms with Gasteiger partial charge in [0.25, 0.3) is 0 Å². The molecule has 0 amide bonds. The number of ether oxygens (including phenoxy) is 1. The Bertz CT molecular complexity index is 370. The van der Waals surface area contributed by atoms with E-state index in [-0.39, 0.29) is 5.41 Å². The van der Waals surface area contributed by atoms with Crippen molar-refractivity contribution >= 4 is 0 Å². The summed E-state index contributed by atoms with van der Waals surface area (Å²) in [5, 5.41) is 0. The lowest BCUT2D eigenvalue weighted by Crippen LogP contribution is -2.29. The van der Waals surface area contributed by atoms with Gasteiger partial charge in [-0.1, -0.05) is 39.0 Å². The molecular weight excluding hydrogens is 196 g/mol. The molecule has 1 aliphatic heterocycles. The minimum absolute atomic E-state index is 0.246. The van der Waals surface area contributed by atoms with Crippen LogP contribution in [-0.4, -0.2) is 13.2 Å². The molecule has 0 radical (unpaired) electrons. The maximum Gasteiger partial charge on any atom is 0.0519 e. The molecule has 1 fully saturated rings. The van der Waals surface area contributed by atoms with E-state index in [0.717, 1.165) is 19.1 Å². The average molecular weight is 218 g/mol. The minimum atomic E-state index is 0.246. The molecule has 1 aliphatic rings. The van der Waals surface area contributed by atoms with E-state index in [2.05, 4.69) is 45.9 Å². The topological polar surface area (TPSA) is 9.23 Å². The molecule has 0 aromatic heterocycles. The zero-order valence-electron chi connectivity index (χ0n) is 10.8. The van der Waals surface area contributed by atoms with E-state index >= 15 is 0 Å². The van der Waals surface area contributed by atoms with Gasteiger partial charge in [-0.25, -0.2) is 0 Å². The molecule has 16 heavy (non-hydrogen) atoms. The van der Waals surface area contributed by atoms with E-state index in [1.165, 1.54) is 23.1 Å². The molecule has 0 bridgehead atoms. The summed E-state index contributed by atoms with van der Waals surface area (Å²) in [4.78, 5) is 0. The lowest BCUT2D eigenvalue weighted by Gasteiger charge is -2.27. The quantitative estimate of drug-likeness (QED) is 0.738. The molecular formula is C15H22O. The summed E-state index contributed by atoms with van der Waals surface area (Å²) in [6.45, 7) is 10.9. The predicted octanol–water partition coefficient (Wildman–Crippen LogP) is 3.48. The highest BCUT2D eigenvalue weighted by Gasteiger charge is 2.21. The van der Waals surface area contributed by atoms with Crippen molar-refractivity contribution in [2.75, 3.05) is 13.2 Å². The van der Waals surface area contributed by atoms with Crippen LogP contribution in [0.5, 0.6) is 0 Å². The van der Waals surface area contributed by atoms with E-state index in [1.807, 2.05) is 0 Å². The van der Waals surface area contributed by atoms with E-state index in [4.69, 9.17) is 4.74 Å². The highest BCUT2D eigenvalue weighted by molar-refractivity contribution is 5.36. The van der Waals surface area contributed by atoms with Gasteiger partial charge in [-0.15, -0.1) is 0 Å². The van der Waals surface area contributed by atoms with E-state index < -0.39 is 0 Å². The molecule has 0 unspecified atom stereocenters. The maximum absolute atomic E-state index is 5.23. The molecule has 1 heterocycles. The molecule has 2 rings (SSSR count). The second-order valence-electron chi connectivity index (χ2n) is 6.01. The van der Waals surface area contributed by atoms with Crippen molar-refractivity contribution in [2.24, 2.45) is 5.92 Å². The molecule has 0 spiro atoms. The molecule has 1 saturated heterocycles. The fourth-order valence-electron chi connectivity index (χ4n) is 2.34. The van der Waals surface area contributed by atoms with Gasteiger partial charge in [-0.05, 0) is 35.4 Å². The Hall–Kier alpha value is -0.820. The zero-order chi connectivity index (χ0) is 11.8. The maximum atomic E-state index is 5.23. The summed E-state index contributed by atoms with van der Waals surface area (Å²) >= 11 is 0. The molecule has 0 saturated carbocycles. The van der Waals surface area contributed by atoms with Gasteiger partial charge in [0.15, 0.2) is 0 Å². The predicted molar refractivity (Wildman–Crippen MR) is 67.9 cm³/mol. The summed E-state index contributed by atoms with van der Waals surface area (Å²) in [5.74, 6) is 0.746. The third kappa shape index (κ3) is 2.46. The third-order valence-corrected chi connectivity index (χ3v) is 3.34. The number of rotatable bonds is 2. The molecule has 1 nitrogen and oxygen atoms in total. The van der Waals surface area contributed by atoms with Crippen LogP contribution in [-0.2, 0) is 16.6 Å². The van der Waals surface area contributed by atoms with Crippen molar-refractivity contribution in [2.45, 2.75) is 39.5 Å². The Labute approximate surface area is 98.8 Å². The largest absolute Gasteiger partial charge is 0.381 e. The van der Waals surface area contributed by atoms with Crippen LogP contribution < -0.4 is 0 Å². The first kappa shape index (κ1) is 11.7. The molecule has 88 valence electrons. The van der Waals surface area contributed by atoms with Crippen molar-refractivity contribution in [3.05, 3.63) is 34.9 Å². The summed E-state index contributed by atoms with van der Waals surface area (Å²) in [6, 6.07) is 6.91. The Morgan fingerprint density at radius 2 is 1.94 bits per heavy atom. The number of hydrogen-bond donors (Lipinski definition) is 0. The highest BCUT2D eigenvalue weighted by atomic mass is 16.5. The molecule has 0 aliphatic carbocycles. The lowest BCUT2D eigenvalue weighted by atomic mass is 9.82. The molecule has 1 heteroatoms. The van der Waals surface area contributed by atoms with Crippen LogP contribution in [0, 0.1) is 12.8 Å². The van der Waals surface area contributed by atoms with Crippen molar-refractivity contribution in [3.63, 3.8) is 0 Å². The van der Waals surface area contributed by atoms with Gasteiger partial charge in [-0.3, -0.25) is 0 Å². The Morgan fingerprint density at radius 1 is 1.25 bits per heavy atom. The van der Waals surface area contributed by atoms with Gasteiger partial charge in [0.05, 0.1) is 13.2 Å². The summed E-state index contributed by atoms with van der Waals surface area (Å²) < 4.78 is 5.23. The normalized spacial score (nSPS) is 17.2. The third-order valence-electron chi connectivity index (χ3n) is 3.34. The van der Waals surface area contributed by atoms with Gasteiger partial charge in [0, 0.05) is 5.92 Å². The summed E-state index contributed by atoms with van der Waals surface area (Å²) in [5.41, 5.74) is 4.59. The molecule has 1 aromatic rings. The first-order chi connectivity index (χ1) is 7.47. The van der Waals surface area contributed by atoms with Crippen LogP contribution in [0.1, 0.15) is 37.5 Å². The highest BCUT2D eigenvalue weighted by Crippen LogP contribution is 2.28. The average Bonchev–Trinajstić information content (AvgIpc) is 2.12. The van der Waals surface area contributed by atoms with Crippen LogP contribution in [0.3, 0.4) is 0 Å². The van der Waals surface area contributed by atoms with E-state index in [9.17, 15) is 0 Å². The first-order valence-electron chi connectivity index (χ1n) is 6.14. The van der Waals surface area contributed by atoms with Crippen molar-refractivity contribution in [3.8, 4) is 0 Å². The first-order valence-corrected chi connectivity index (χ1v) is 6.14. The van der Waals surface area contributed by atoms with Gasteiger partial charge < -0.3 is 4.74 Å². The minimum Gasteiger partial charge on any atom is -0.381 e. The van der Waals surface area contributed by atoms with Gasteiger partial charge >= 0.3 is 0 Å². The smallest absolute Gasteiger partial charge is 0.0519 e. The lowest BCUT2D eigenvalue weighted by molar-refractivity contribution is -0.0312. The summed E-state index contributed by atoms with van der Waals surface area (Å²) in [6.07, 6.45) is 1.17. The Balaban J connectivity index is 2.20. The zero-order valence-corrected chi connectivity index (χ0v) is 10.8. The van der Waals surface area contributed by atoms with E-state index in [0.29, 0.717) is 0 Å². The molecule has 0 atom stereocenters. The van der Waals surface area contributed by atoms with Gasteiger partial charge in [0.2, 0.25) is 0 Å². The van der Waals surface area contributed by atoms with Crippen molar-refractivity contribution in [1.29, 1.82) is 0 Å². The van der Waals surface area contributed by atoms with Crippen LogP contribution in [0.25, 0.3) is 0 Å². The van der Waals surface area contributed by atoms with Crippen molar-refractivity contribution < 1.29 is 4.74 Å². The Morgan fingerprint density at radius 3 is 2.44 bits per heavy atom. The van der Waals surface area contributed by atoms with Gasteiger partial charge in [-0.2, -0.15) is 0 Å². The number of benzene rings is 1. The second kappa shape index (κ2) is 4.21. The standard InChI is InChI=1S/C15H22O/c1-11-5-6-12(7-13-9-16-10-13)8-14(11)15(2,3)4/h5-6,8,13H,7,9-10H2,1-4H3. The number of aryl methyl sites for hydroxylation is 1. The number of hydrogen-bond acceptors (Lipinski definition) is 1. The fraction of sp³-hybridized carbons (Fsp3) is 0.600. The SMILES string of the molecule is Cc1ccc(CC2COC2)cc1C(C)(C)C. The monoisotopic (exact) mass is 218 g/mol. The van der Waals surface area contributed by atoms with Crippen LogP contribution in [0.2, 0.25) is 0 Å². The second-order valence-corrected chi connectivity index (χ2v) is 6.01. The van der Waals surface area contributed by atoms with Crippen LogP contribution >= 0.6 is 0 Å². The van der Waals surface area contributed by atoms with Crippen LogP contribution in [0.15, 0.2) is 18.2 Å². The van der Waals surface area contributed by atoms with Gasteiger partial charge in [0.1, 0.15) is 0 Å². The Kier molecular flexibility index (Phi) is 3.07. The fourth-order valence-corrected chi connectivity index (χ4v) is 2.34. The molecule has 0 N–H and O–H groups in total. The van der Waals surface area contributed by atoms with Crippen LogP contribution in [0.4, 0.5) is 0 Å². The summed E-state index contributed by atoms with van der Waals surface area (Å²) in [7, 11) is 0. The van der Waals surface area contributed by atoms with E-state index in [1.54, 1.807) is 0 Å². The van der Waals surface area contributed by atoms with Crippen molar-refractivity contribution in [1.82, 2.24) is 0 Å². The molecule has 1 aromatic carbocycles.